The summed E-state index contributed by atoms with van der Waals surface area (Å²) in [5.74, 6) is 0. The Labute approximate surface area is 125 Å². The molecule has 0 aliphatic heterocycles. The van der Waals surface area contributed by atoms with Gasteiger partial charge in [0.1, 0.15) is 6.07 Å². The first kappa shape index (κ1) is 14.1. The highest BCUT2D eigenvalue weighted by Gasteiger charge is 2.07. The summed E-state index contributed by atoms with van der Waals surface area (Å²) >= 11 is 3.31. The van der Waals surface area contributed by atoms with Crippen LogP contribution in [0.4, 0.5) is 16.2 Å². The summed E-state index contributed by atoms with van der Waals surface area (Å²) in [5.41, 5.74) is 2.64. The van der Waals surface area contributed by atoms with Crippen LogP contribution in [0.1, 0.15) is 11.1 Å². The van der Waals surface area contributed by atoms with E-state index in [9.17, 15) is 4.79 Å². The SMILES string of the molecule is Cc1cccc(NC(=O)Nc2cc(Br)ccc2C#N)c1. The third kappa shape index (κ3) is 3.59. The number of carbonyl (C=O) groups is 1. The Hall–Kier alpha value is -2.32. The summed E-state index contributed by atoms with van der Waals surface area (Å²) in [4.78, 5) is 11.9. The van der Waals surface area contributed by atoms with Gasteiger partial charge in [0.05, 0.1) is 11.3 Å². The molecule has 0 aliphatic rings. The summed E-state index contributed by atoms with van der Waals surface area (Å²) in [5, 5.41) is 14.4. The largest absolute Gasteiger partial charge is 0.323 e. The number of nitriles is 1. The van der Waals surface area contributed by atoms with E-state index in [0.29, 0.717) is 16.9 Å². The maximum Gasteiger partial charge on any atom is 0.323 e. The molecule has 2 aromatic rings. The van der Waals surface area contributed by atoms with Gasteiger partial charge in [-0.25, -0.2) is 4.79 Å². The number of hydrogen-bond donors (Lipinski definition) is 2. The molecular formula is C15H12BrN3O. The molecule has 2 rings (SSSR count). The van der Waals surface area contributed by atoms with E-state index in [1.165, 1.54) is 0 Å². The summed E-state index contributed by atoms with van der Waals surface area (Å²) in [6.45, 7) is 1.95. The van der Waals surface area contributed by atoms with Crippen molar-refractivity contribution in [1.82, 2.24) is 0 Å². The van der Waals surface area contributed by atoms with E-state index in [4.69, 9.17) is 5.26 Å². The van der Waals surface area contributed by atoms with Gasteiger partial charge >= 0.3 is 6.03 Å². The number of nitrogens with one attached hydrogen (secondary N) is 2. The third-order valence-electron chi connectivity index (χ3n) is 2.63. The number of nitrogens with zero attached hydrogens (tertiary/aromatic N) is 1. The van der Waals surface area contributed by atoms with E-state index in [2.05, 4.69) is 26.6 Å². The Balaban J connectivity index is 2.13. The number of urea groups is 1. The lowest BCUT2D eigenvalue weighted by Gasteiger charge is -2.09. The molecule has 0 heterocycles. The van der Waals surface area contributed by atoms with Crippen LogP contribution in [0.2, 0.25) is 0 Å². The molecule has 0 aromatic heterocycles. The minimum absolute atomic E-state index is 0.384. The van der Waals surface area contributed by atoms with Gasteiger partial charge in [-0.2, -0.15) is 5.26 Å². The van der Waals surface area contributed by atoms with Crippen LogP contribution in [-0.2, 0) is 0 Å². The zero-order valence-electron chi connectivity index (χ0n) is 10.8. The van der Waals surface area contributed by atoms with Crippen LogP contribution < -0.4 is 10.6 Å². The highest BCUT2D eigenvalue weighted by molar-refractivity contribution is 9.10. The quantitative estimate of drug-likeness (QED) is 0.863. The molecule has 0 aliphatic carbocycles. The molecule has 0 saturated heterocycles. The van der Waals surface area contributed by atoms with Gasteiger partial charge in [-0.1, -0.05) is 28.1 Å². The van der Waals surface area contributed by atoms with Gasteiger partial charge in [-0.15, -0.1) is 0 Å². The molecule has 2 N–H and O–H groups in total. The van der Waals surface area contributed by atoms with Gasteiger partial charge in [-0.05, 0) is 42.8 Å². The fourth-order valence-electron chi connectivity index (χ4n) is 1.72. The molecular weight excluding hydrogens is 318 g/mol. The van der Waals surface area contributed by atoms with Crippen LogP contribution in [-0.4, -0.2) is 6.03 Å². The highest BCUT2D eigenvalue weighted by Crippen LogP contribution is 2.21. The number of aryl methyl sites for hydroxylation is 1. The molecule has 0 fully saturated rings. The van der Waals surface area contributed by atoms with Gasteiger partial charge in [0.2, 0.25) is 0 Å². The number of halogens is 1. The smallest absolute Gasteiger partial charge is 0.308 e. The topological polar surface area (TPSA) is 64.9 Å². The Kier molecular flexibility index (Phi) is 4.38. The first-order chi connectivity index (χ1) is 9.58. The number of amides is 2. The lowest BCUT2D eigenvalue weighted by Crippen LogP contribution is -2.20. The summed E-state index contributed by atoms with van der Waals surface area (Å²) in [7, 11) is 0. The van der Waals surface area contributed by atoms with Crippen LogP contribution in [0, 0.1) is 18.3 Å². The zero-order chi connectivity index (χ0) is 14.5. The molecule has 0 radical (unpaired) electrons. The Morgan fingerprint density at radius 1 is 1.20 bits per heavy atom. The van der Waals surface area contributed by atoms with Crippen LogP contribution in [0.15, 0.2) is 46.9 Å². The second-order valence-electron chi connectivity index (χ2n) is 4.25. The number of anilines is 2. The molecule has 0 bridgehead atoms. The first-order valence-corrected chi connectivity index (χ1v) is 6.72. The van der Waals surface area contributed by atoms with Crippen molar-refractivity contribution in [2.75, 3.05) is 10.6 Å². The lowest BCUT2D eigenvalue weighted by atomic mass is 10.2. The van der Waals surface area contributed by atoms with E-state index in [0.717, 1.165) is 10.0 Å². The van der Waals surface area contributed by atoms with Crippen molar-refractivity contribution < 1.29 is 4.79 Å². The number of benzene rings is 2. The van der Waals surface area contributed by atoms with Crippen LogP contribution in [0.25, 0.3) is 0 Å². The Morgan fingerprint density at radius 2 is 2.00 bits per heavy atom. The van der Waals surface area contributed by atoms with Crippen molar-refractivity contribution >= 4 is 33.3 Å². The normalized spacial score (nSPS) is 9.65. The summed E-state index contributed by atoms with van der Waals surface area (Å²) in [6, 6.07) is 14.2. The monoisotopic (exact) mass is 329 g/mol. The van der Waals surface area contributed by atoms with Gasteiger partial charge in [0.25, 0.3) is 0 Å². The van der Waals surface area contributed by atoms with Crippen molar-refractivity contribution in [3.8, 4) is 6.07 Å². The molecule has 100 valence electrons. The van der Waals surface area contributed by atoms with E-state index in [1.807, 2.05) is 31.2 Å². The van der Waals surface area contributed by atoms with E-state index < -0.39 is 0 Å². The maximum atomic E-state index is 11.9. The standard InChI is InChI=1S/C15H12BrN3O/c1-10-3-2-4-13(7-10)18-15(20)19-14-8-12(16)6-5-11(14)9-17/h2-8H,1H3,(H2,18,19,20). The van der Waals surface area contributed by atoms with E-state index in [-0.39, 0.29) is 6.03 Å². The maximum absolute atomic E-state index is 11.9. The molecule has 4 nitrogen and oxygen atoms in total. The highest BCUT2D eigenvalue weighted by atomic mass is 79.9. The molecule has 0 saturated carbocycles. The first-order valence-electron chi connectivity index (χ1n) is 5.93. The molecule has 2 amide bonds. The van der Waals surface area contributed by atoms with E-state index in [1.54, 1.807) is 24.3 Å². The second kappa shape index (κ2) is 6.22. The number of hydrogen-bond acceptors (Lipinski definition) is 2. The molecule has 0 atom stereocenters. The molecule has 2 aromatic carbocycles. The second-order valence-corrected chi connectivity index (χ2v) is 5.17. The Morgan fingerprint density at radius 3 is 2.70 bits per heavy atom. The summed E-state index contributed by atoms with van der Waals surface area (Å²) < 4.78 is 0.794. The van der Waals surface area contributed by atoms with Crippen molar-refractivity contribution in [3.05, 3.63) is 58.1 Å². The molecule has 5 heteroatoms. The fraction of sp³-hybridized carbons (Fsp3) is 0.0667. The Bertz CT molecular complexity index is 692. The van der Waals surface area contributed by atoms with Gasteiger partial charge < -0.3 is 10.6 Å². The summed E-state index contributed by atoms with van der Waals surface area (Å²) in [6.07, 6.45) is 0. The van der Waals surface area contributed by atoms with Crippen molar-refractivity contribution in [2.45, 2.75) is 6.92 Å². The number of rotatable bonds is 2. The van der Waals surface area contributed by atoms with Gasteiger partial charge in [-0.3, -0.25) is 0 Å². The van der Waals surface area contributed by atoms with Crippen molar-refractivity contribution in [3.63, 3.8) is 0 Å². The van der Waals surface area contributed by atoms with Gasteiger partial charge in [0.15, 0.2) is 0 Å². The van der Waals surface area contributed by atoms with Crippen LogP contribution in [0.5, 0.6) is 0 Å². The zero-order valence-corrected chi connectivity index (χ0v) is 12.4. The minimum atomic E-state index is -0.384. The number of carbonyl (C=O) groups excluding carboxylic acids is 1. The third-order valence-corrected chi connectivity index (χ3v) is 3.12. The molecule has 0 spiro atoms. The molecule has 20 heavy (non-hydrogen) atoms. The fourth-order valence-corrected chi connectivity index (χ4v) is 2.09. The molecule has 0 unspecified atom stereocenters. The average Bonchev–Trinajstić information content (AvgIpc) is 2.38. The van der Waals surface area contributed by atoms with Gasteiger partial charge in [0, 0.05) is 10.2 Å². The van der Waals surface area contributed by atoms with Crippen LogP contribution in [0.3, 0.4) is 0 Å². The predicted molar refractivity (Wildman–Crippen MR) is 82.7 cm³/mol. The van der Waals surface area contributed by atoms with E-state index >= 15 is 0 Å². The van der Waals surface area contributed by atoms with Crippen molar-refractivity contribution in [1.29, 1.82) is 5.26 Å². The minimum Gasteiger partial charge on any atom is -0.308 e. The predicted octanol–water partition coefficient (Wildman–Crippen LogP) is 4.27. The van der Waals surface area contributed by atoms with Crippen LogP contribution >= 0.6 is 15.9 Å². The van der Waals surface area contributed by atoms with Crippen molar-refractivity contribution in [2.24, 2.45) is 0 Å². The lowest BCUT2D eigenvalue weighted by molar-refractivity contribution is 0.262. The average molecular weight is 330 g/mol.